The smallest absolute Gasteiger partial charge is 0.337 e. The summed E-state index contributed by atoms with van der Waals surface area (Å²) in [5.41, 5.74) is 6.82. The molecule has 0 saturated heterocycles. The molecule has 2 heterocycles. The molecular formula is C28H29NO4. The first kappa shape index (κ1) is 21.5. The molecule has 0 spiro atoms. The van der Waals surface area contributed by atoms with Crippen LogP contribution in [0.1, 0.15) is 66.4 Å². The van der Waals surface area contributed by atoms with Crippen LogP contribution < -0.4 is 4.74 Å². The van der Waals surface area contributed by atoms with E-state index < -0.39 is 0 Å². The van der Waals surface area contributed by atoms with Crippen molar-refractivity contribution in [1.29, 1.82) is 0 Å². The lowest BCUT2D eigenvalue weighted by molar-refractivity contribution is -0.113. The van der Waals surface area contributed by atoms with E-state index in [1.54, 1.807) is 14.0 Å². The molecule has 0 radical (unpaired) electrons. The molecule has 170 valence electrons. The summed E-state index contributed by atoms with van der Waals surface area (Å²) < 4.78 is 12.7. The number of allylic oxidation sites excluding steroid dienone is 1. The number of benzene rings is 2. The van der Waals surface area contributed by atoms with Crippen molar-refractivity contribution in [2.75, 3.05) is 14.2 Å². The van der Waals surface area contributed by atoms with Gasteiger partial charge in [-0.1, -0.05) is 25.3 Å². The number of fused-ring (bicyclic) bond motifs is 5. The topological polar surface area (TPSA) is 57.5 Å². The molecule has 0 atom stereocenters. The first-order valence-electron chi connectivity index (χ1n) is 11.7. The lowest BCUT2D eigenvalue weighted by atomic mass is 9.81. The maximum atomic E-state index is 12.6. The number of esters is 1. The van der Waals surface area contributed by atoms with E-state index in [1.807, 2.05) is 30.3 Å². The number of ether oxygens (including phenoxy) is 2. The molecule has 1 aliphatic carbocycles. The number of Topliss-reactive ketones (excluding diaryl/α,β-unsaturated/α-hetero) is 1. The normalized spacial score (nSPS) is 15.9. The summed E-state index contributed by atoms with van der Waals surface area (Å²) in [6.45, 7) is 2.08. The van der Waals surface area contributed by atoms with Gasteiger partial charge in [0.1, 0.15) is 5.75 Å². The average molecular weight is 444 g/mol. The molecule has 1 fully saturated rings. The van der Waals surface area contributed by atoms with Crippen LogP contribution in [0.2, 0.25) is 0 Å². The lowest BCUT2D eigenvalue weighted by Gasteiger charge is -2.24. The second-order valence-corrected chi connectivity index (χ2v) is 9.09. The monoisotopic (exact) mass is 443 g/mol. The number of hydrogen-bond acceptors (Lipinski definition) is 4. The Hall–Kier alpha value is -3.34. The summed E-state index contributed by atoms with van der Waals surface area (Å²) in [5.74, 6) is 0.912. The van der Waals surface area contributed by atoms with Crippen LogP contribution >= 0.6 is 0 Å². The highest BCUT2D eigenvalue weighted by molar-refractivity contribution is 6.03. The Kier molecular flexibility index (Phi) is 5.57. The Labute approximate surface area is 194 Å². The van der Waals surface area contributed by atoms with Gasteiger partial charge in [-0.25, -0.2) is 4.79 Å². The minimum Gasteiger partial charge on any atom is -0.497 e. The molecule has 0 unspecified atom stereocenters. The van der Waals surface area contributed by atoms with Gasteiger partial charge in [-0.15, -0.1) is 0 Å². The molecule has 1 aromatic heterocycles. The van der Waals surface area contributed by atoms with Crippen LogP contribution in [0.4, 0.5) is 0 Å². The van der Waals surface area contributed by atoms with Crippen LogP contribution in [0.5, 0.6) is 5.75 Å². The predicted octanol–water partition coefficient (Wildman–Crippen LogP) is 6.14. The van der Waals surface area contributed by atoms with Crippen molar-refractivity contribution in [1.82, 2.24) is 4.57 Å². The van der Waals surface area contributed by atoms with Crippen LogP contribution in [0, 0.1) is 0 Å². The number of nitrogens with zero attached hydrogens (tertiary/aromatic N) is 1. The predicted molar refractivity (Wildman–Crippen MR) is 130 cm³/mol. The Balaban J connectivity index is 1.85. The van der Waals surface area contributed by atoms with Gasteiger partial charge in [-0.2, -0.15) is 0 Å². The summed E-state index contributed by atoms with van der Waals surface area (Å²) in [6.07, 6.45) is 8.04. The van der Waals surface area contributed by atoms with Gasteiger partial charge >= 0.3 is 5.97 Å². The van der Waals surface area contributed by atoms with E-state index in [4.69, 9.17) is 9.47 Å². The second kappa shape index (κ2) is 8.54. The van der Waals surface area contributed by atoms with Crippen LogP contribution in [0.25, 0.3) is 28.2 Å². The number of aromatic nitrogens is 1. The van der Waals surface area contributed by atoms with Crippen molar-refractivity contribution in [2.45, 2.75) is 51.5 Å². The number of rotatable bonds is 4. The van der Waals surface area contributed by atoms with Gasteiger partial charge in [-0.05, 0) is 73.2 Å². The molecule has 0 bridgehead atoms. The average Bonchev–Trinajstić information content (AvgIpc) is 3.05. The molecule has 1 aliphatic heterocycles. The number of ketones is 1. The first-order chi connectivity index (χ1) is 16.0. The summed E-state index contributed by atoms with van der Waals surface area (Å²) in [4.78, 5) is 24.9. The molecule has 5 nitrogen and oxygen atoms in total. The van der Waals surface area contributed by atoms with E-state index in [2.05, 4.69) is 16.7 Å². The van der Waals surface area contributed by atoms with Gasteiger partial charge in [0.2, 0.25) is 0 Å². The fourth-order valence-electron chi connectivity index (χ4n) is 5.50. The molecule has 33 heavy (non-hydrogen) atoms. The van der Waals surface area contributed by atoms with Crippen molar-refractivity contribution in [2.24, 2.45) is 0 Å². The largest absolute Gasteiger partial charge is 0.497 e. The fourth-order valence-corrected chi connectivity index (χ4v) is 5.50. The molecule has 0 N–H and O–H groups in total. The second-order valence-electron chi connectivity index (χ2n) is 9.09. The van der Waals surface area contributed by atoms with Crippen LogP contribution in [-0.4, -0.2) is 30.5 Å². The van der Waals surface area contributed by atoms with Crippen molar-refractivity contribution >= 4 is 28.7 Å². The number of carbonyl (C=O) groups excluding carboxylic acids is 2. The van der Waals surface area contributed by atoms with Gasteiger partial charge in [0.25, 0.3) is 0 Å². The van der Waals surface area contributed by atoms with Gasteiger partial charge in [0, 0.05) is 22.0 Å². The standard InChI is InChI=1S/C28H29NO4/c1-17(30)21-13-20-14-22(32-2)10-12-23(20)27-26(18-7-5-4-6-8-18)24-11-9-19(28(31)33-3)15-25(24)29(27)16-21/h9-15,18H,4-8,16H2,1-3H3. The van der Waals surface area contributed by atoms with Gasteiger partial charge < -0.3 is 14.0 Å². The summed E-state index contributed by atoms with van der Waals surface area (Å²) in [5, 5.41) is 1.16. The van der Waals surface area contributed by atoms with Crippen molar-refractivity contribution in [3.63, 3.8) is 0 Å². The van der Waals surface area contributed by atoms with Gasteiger partial charge in [0.15, 0.2) is 5.78 Å². The van der Waals surface area contributed by atoms with Crippen LogP contribution in [-0.2, 0) is 16.1 Å². The van der Waals surface area contributed by atoms with Crippen molar-refractivity contribution < 1.29 is 19.1 Å². The molecule has 1 saturated carbocycles. The zero-order chi connectivity index (χ0) is 23.1. The Morgan fingerprint density at radius 3 is 2.48 bits per heavy atom. The third kappa shape index (κ3) is 3.65. The maximum absolute atomic E-state index is 12.6. The molecule has 5 rings (SSSR count). The van der Waals surface area contributed by atoms with Crippen LogP contribution in [0.15, 0.2) is 42.0 Å². The molecule has 3 aromatic rings. The highest BCUT2D eigenvalue weighted by Gasteiger charge is 2.30. The summed E-state index contributed by atoms with van der Waals surface area (Å²) in [7, 11) is 3.06. The van der Waals surface area contributed by atoms with E-state index in [0.29, 0.717) is 18.0 Å². The summed E-state index contributed by atoms with van der Waals surface area (Å²) >= 11 is 0. The van der Waals surface area contributed by atoms with E-state index >= 15 is 0 Å². The third-order valence-electron chi connectivity index (χ3n) is 7.16. The fraction of sp³-hybridized carbons (Fsp3) is 0.357. The Morgan fingerprint density at radius 2 is 1.79 bits per heavy atom. The van der Waals surface area contributed by atoms with Gasteiger partial charge in [0.05, 0.1) is 32.0 Å². The van der Waals surface area contributed by atoms with Crippen molar-refractivity contribution in [3.05, 3.63) is 58.7 Å². The van der Waals surface area contributed by atoms with Crippen molar-refractivity contribution in [3.8, 4) is 17.0 Å². The minimum atomic E-state index is -0.354. The zero-order valence-electron chi connectivity index (χ0n) is 19.4. The third-order valence-corrected chi connectivity index (χ3v) is 7.16. The number of hydrogen-bond donors (Lipinski definition) is 0. The van der Waals surface area contributed by atoms with E-state index in [9.17, 15) is 9.59 Å². The van der Waals surface area contributed by atoms with E-state index in [1.165, 1.54) is 31.9 Å². The molecule has 2 aromatic carbocycles. The molecule has 0 amide bonds. The SMILES string of the molecule is COC(=O)c1ccc2c(C3CCCCC3)c3n(c2c1)CC(C(C)=O)=Cc1cc(OC)ccc1-3. The highest BCUT2D eigenvalue weighted by Crippen LogP contribution is 2.47. The van der Waals surface area contributed by atoms with Crippen LogP contribution in [0.3, 0.4) is 0 Å². The Morgan fingerprint density at radius 1 is 1.00 bits per heavy atom. The highest BCUT2D eigenvalue weighted by atomic mass is 16.5. The first-order valence-corrected chi connectivity index (χ1v) is 11.7. The zero-order valence-corrected chi connectivity index (χ0v) is 19.4. The van der Waals surface area contributed by atoms with Gasteiger partial charge in [-0.3, -0.25) is 4.79 Å². The number of methoxy groups -OCH3 is 2. The Bertz CT molecular complexity index is 1290. The molecule has 5 heteroatoms. The lowest BCUT2D eigenvalue weighted by Crippen LogP contribution is -2.09. The molecule has 2 aliphatic rings. The minimum absolute atomic E-state index is 0.0433. The quantitative estimate of drug-likeness (QED) is 0.455. The molecular weight excluding hydrogens is 414 g/mol. The number of carbonyl (C=O) groups is 2. The summed E-state index contributed by atoms with van der Waals surface area (Å²) in [6, 6.07) is 11.9. The maximum Gasteiger partial charge on any atom is 0.337 e. The van der Waals surface area contributed by atoms with E-state index in [0.717, 1.165) is 51.9 Å². The van der Waals surface area contributed by atoms with E-state index in [-0.39, 0.29) is 11.8 Å².